The molecule has 0 aromatic carbocycles. The van der Waals surface area contributed by atoms with Gasteiger partial charge in [0.25, 0.3) is 0 Å². The first-order valence-corrected chi connectivity index (χ1v) is 4.07. The minimum atomic E-state index is 1.01. The van der Waals surface area contributed by atoms with Crippen molar-refractivity contribution in [3.63, 3.8) is 0 Å². The predicted octanol–water partition coefficient (Wildman–Crippen LogP) is 1.90. The van der Waals surface area contributed by atoms with E-state index in [1.807, 2.05) is 6.20 Å². The molecule has 2 aromatic rings. The summed E-state index contributed by atoms with van der Waals surface area (Å²) in [7, 11) is 0. The molecule has 2 heteroatoms. The number of aromatic nitrogens is 2. The highest BCUT2D eigenvalue weighted by Gasteiger charge is 2.08. The Labute approximate surface area is 70.2 Å². The van der Waals surface area contributed by atoms with Gasteiger partial charge in [0.2, 0.25) is 0 Å². The third-order valence-electron chi connectivity index (χ3n) is 2.29. The topological polar surface area (TPSA) is 17.3 Å². The van der Waals surface area contributed by atoms with Crippen molar-refractivity contribution in [2.45, 2.75) is 6.42 Å². The molecule has 2 aromatic heterocycles. The molecule has 1 aliphatic rings. The van der Waals surface area contributed by atoms with Crippen molar-refractivity contribution in [2.75, 3.05) is 0 Å². The third-order valence-corrected chi connectivity index (χ3v) is 2.29. The lowest BCUT2D eigenvalue weighted by molar-refractivity contribution is 1.01. The number of nitrogens with zero attached hydrogens (tertiary/aromatic N) is 2. The van der Waals surface area contributed by atoms with Gasteiger partial charge >= 0.3 is 0 Å². The summed E-state index contributed by atoms with van der Waals surface area (Å²) in [6, 6.07) is 4.13. The molecule has 12 heavy (non-hydrogen) atoms. The van der Waals surface area contributed by atoms with Crippen LogP contribution in [0.1, 0.15) is 11.4 Å². The molecule has 0 fully saturated rings. The van der Waals surface area contributed by atoms with E-state index < -0.39 is 0 Å². The Morgan fingerprint density at radius 3 is 3.42 bits per heavy atom. The molecule has 0 atom stereocenters. The van der Waals surface area contributed by atoms with Gasteiger partial charge in [-0.2, -0.15) is 0 Å². The molecule has 0 aliphatic heterocycles. The predicted molar refractivity (Wildman–Crippen MR) is 47.9 cm³/mol. The Bertz CT molecular complexity index is 466. The average molecular weight is 156 g/mol. The number of rotatable bonds is 0. The van der Waals surface area contributed by atoms with Gasteiger partial charge in [-0.25, -0.2) is 0 Å². The molecule has 0 radical (unpaired) electrons. The molecule has 1 aliphatic carbocycles. The fourth-order valence-corrected chi connectivity index (χ4v) is 1.70. The second kappa shape index (κ2) is 1.97. The maximum atomic E-state index is 4.35. The lowest BCUT2D eigenvalue weighted by Crippen LogP contribution is -1.96. The summed E-state index contributed by atoms with van der Waals surface area (Å²) >= 11 is 0. The highest BCUT2D eigenvalue weighted by atomic mass is 14.9. The zero-order valence-electron chi connectivity index (χ0n) is 6.57. The van der Waals surface area contributed by atoms with E-state index >= 15 is 0 Å². The van der Waals surface area contributed by atoms with Gasteiger partial charge in [-0.1, -0.05) is 6.08 Å². The largest absolute Gasteiger partial charge is 0.317 e. The third kappa shape index (κ3) is 0.619. The zero-order chi connectivity index (χ0) is 7.97. The fourth-order valence-electron chi connectivity index (χ4n) is 1.70. The van der Waals surface area contributed by atoms with Crippen molar-refractivity contribution in [1.82, 2.24) is 9.38 Å². The Kier molecular flexibility index (Phi) is 0.987. The quantitative estimate of drug-likeness (QED) is 0.569. The maximum Gasteiger partial charge on any atom is 0.0828 e. The summed E-state index contributed by atoms with van der Waals surface area (Å²) in [5.41, 5.74) is 3.59. The maximum absolute atomic E-state index is 4.35. The molecule has 2 heterocycles. The smallest absolute Gasteiger partial charge is 0.0828 e. The van der Waals surface area contributed by atoms with Crippen LogP contribution in [-0.2, 0) is 6.42 Å². The van der Waals surface area contributed by atoms with Crippen molar-refractivity contribution in [1.29, 1.82) is 0 Å². The Morgan fingerprint density at radius 2 is 2.42 bits per heavy atom. The summed E-state index contributed by atoms with van der Waals surface area (Å²) in [5, 5.41) is 0. The van der Waals surface area contributed by atoms with Crippen LogP contribution in [0.15, 0.2) is 30.6 Å². The van der Waals surface area contributed by atoms with E-state index in [2.05, 4.69) is 39.9 Å². The normalized spacial score (nSPS) is 14.0. The molecule has 0 spiro atoms. The minimum absolute atomic E-state index is 1.01. The molecule has 0 unspecified atom stereocenters. The van der Waals surface area contributed by atoms with Crippen LogP contribution in [0.4, 0.5) is 0 Å². The fraction of sp³-hybridized carbons (Fsp3) is 0.100. The van der Waals surface area contributed by atoms with Crippen molar-refractivity contribution in [3.05, 3.63) is 42.0 Å². The number of fused-ring (bicyclic) bond motifs is 3. The van der Waals surface area contributed by atoms with Gasteiger partial charge in [0, 0.05) is 12.6 Å². The van der Waals surface area contributed by atoms with Crippen LogP contribution >= 0.6 is 0 Å². The van der Waals surface area contributed by atoms with E-state index in [0.717, 1.165) is 12.1 Å². The zero-order valence-corrected chi connectivity index (χ0v) is 6.57. The average Bonchev–Trinajstić information content (AvgIpc) is 2.71. The van der Waals surface area contributed by atoms with Crippen molar-refractivity contribution in [3.8, 4) is 0 Å². The molecule has 0 N–H and O–H groups in total. The molecule has 58 valence electrons. The highest BCUT2D eigenvalue weighted by Crippen LogP contribution is 2.18. The Hall–Kier alpha value is -1.57. The van der Waals surface area contributed by atoms with Gasteiger partial charge in [-0.3, -0.25) is 4.98 Å². The molecular formula is C10H8N2. The van der Waals surface area contributed by atoms with Crippen molar-refractivity contribution < 1.29 is 0 Å². The van der Waals surface area contributed by atoms with E-state index in [4.69, 9.17) is 0 Å². The van der Waals surface area contributed by atoms with Gasteiger partial charge in [0.1, 0.15) is 0 Å². The van der Waals surface area contributed by atoms with E-state index in [1.165, 1.54) is 11.2 Å². The van der Waals surface area contributed by atoms with Crippen LogP contribution in [0.2, 0.25) is 0 Å². The molecule has 3 rings (SSSR count). The van der Waals surface area contributed by atoms with E-state index in [1.54, 1.807) is 0 Å². The van der Waals surface area contributed by atoms with Gasteiger partial charge in [-0.05, 0) is 18.2 Å². The molecule has 0 saturated heterocycles. The van der Waals surface area contributed by atoms with Crippen LogP contribution in [0.3, 0.4) is 0 Å². The monoisotopic (exact) mass is 156 g/mol. The van der Waals surface area contributed by atoms with Crippen LogP contribution in [0.5, 0.6) is 0 Å². The van der Waals surface area contributed by atoms with Gasteiger partial charge in [0.05, 0.1) is 23.1 Å². The molecule has 0 saturated carbocycles. The van der Waals surface area contributed by atoms with Crippen LogP contribution < -0.4 is 0 Å². The lowest BCUT2D eigenvalue weighted by Gasteiger charge is -2.02. The van der Waals surface area contributed by atoms with Crippen molar-refractivity contribution in [2.24, 2.45) is 0 Å². The van der Waals surface area contributed by atoms with Crippen LogP contribution in [-0.4, -0.2) is 9.38 Å². The summed E-state index contributed by atoms with van der Waals surface area (Å²) < 4.78 is 2.20. The summed E-state index contributed by atoms with van der Waals surface area (Å²) in [5.74, 6) is 0. The van der Waals surface area contributed by atoms with Crippen LogP contribution in [0, 0.1) is 0 Å². The first kappa shape index (κ1) is 6.00. The van der Waals surface area contributed by atoms with E-state index in [0.29, 0.717) is 0 Å². The van der Waals surface area contributed by atoms with Crippen LogP contribution in [0.25, 0.3) is 11.6 Å². The molecular weight excluding hydrogens is 148 g/mol. The Balaban J connectivity index is 2.49. The SMILES string of the molecule is C1=Cc2ncc3cccn3c2C1. The van der Waals surface area contributed by atoms with Gasteiger partial charge in [-0.15, -0.1) is 0 Å². The standard InChI is InChI=1S/C10H8N2/c1-4-9-10(5-1)12-6-2-3-8(12)7-11-9/h1-4,6-7H,5H2. The second-order valence-electron chi connectivity index (χ2n) is 3.00. The lowest BCUT2D eigenvalue weighted by atomic mass is 10.3. The van der Waals surface area contributed by atoms with E-state index in [9.17, 15) is 0 Å². The second-order valence-corrected chi connectivity index (χ2v) is 3.00. The number of hydrogen-bond donors (Lipinski definition) is 0. The molecule has 0 amide bonds. The Morgan fingerprint density at radius 1 is 1.42 bits per heavy atom. The number of allylic oxidation sites excluding steroid dienone is 1. The summed E-state index contributed by atoms with van der Waals surface area (Å²) in [4.78, 5) is 4.35. The minimum Gasteiger partial charge on any atom is -0.317 e. The van der Waals surface area contributed by atoms with Crippen molar-refractivity contribution >= 4 is 11.6 Å². The van der Waals surface area contributed by atoms with Gasteiger partial charge < -0.3 is 4.40 Å². The molecule has 2 nitrogen and oxygen atoms in total. The number of hydrogen-bond acceptors (Lipinski definition) is 1. The first-order valence-electron chi connectivity index (χ1n) is 4.07. The highest BCUT2D eigenvalue weighted by molar-refractivity contribution is 5.58. The van der Waals surface area contributed by atoms with Gasteiger partial charge in [0.15, 0.2) is 0 Å². The first-order chi connectivity index (χ1) is 5.95. The van der Waals surface area contributed by atoms with E-state index in [-0.39, 0.29) is 0 Å². The summed E-state index contributed by atoms with van der Waals surface area (Å²) in [6.45, 7) is 0. The summed E-state index contributed by atoms with van der Waals surface area (Å²) in [6.07, 6.45) is 9.23. The molecule has 0 bridgehead atoms.